The highest BCUT2D eigenvalue weighted by molar-refractivity contribution is 5.69. The largest absolute Gasteiger partial charge is 0.489 e. The molecule has 2 aromatic carbocycles. The van der Waals surface area contributed by atoms with Crippen molar-refractivity contribution in [3.63, 3.8) is 0 Å². The SMILES string of the molecule is CC#CC(CC(=O)O)c1ccc(OCc2cccc(CN3Cc4cnn(CC)c4C3)c2)cc1. The van der Waals surface area contributed by atoms with E-state index in [0.717, 1.165) is 43.1 Å². The molecule has 0 spiro atoms. The molecule has 0 aliphatic carbocycles. The van der Waals surface area contributed by atoms with Gasteiger partial charge in [-0.05, 0) is 42.7 Å². The summed E-state index contributed by atoms with van der Waals surface area (Å²) in [5, 5.41) is 13.6. The number of ether oxygens (including phenoxy) is 1. The maximum absolute atomic E-state index is 11.1. The molecule has 6 nitrogen and oxygen atoms in total. The molecule has 1 aliphatic rings. The first-order valence-electron chi connectivity index (χ1n) is 11.3. The van der Waals surface area contributed by atoms with Crippen LogP contribution in [0.3, 0.4) is 0 Å². The van der Waals surface area contributed by atoms with E-state index in [1.807, 2.05) is 30.5 Å². The van der Waals surface area contributed by atoms with E-state index in [4.69, 9.17) is 9.84 Å². The zero-order valence-electron chi connectivity index (χ0n) is 19.1. The minimum Gasteiger partial charge on any atom is -0.489 e. The molecule has 2 heterocycles. The van der Waals surface area contributed by atoms with Crippen LogP contribution in [0.2, 0.25) is 0 Å². The van der Waals surface area contributed by atoms with Gasteiger partial charge in [-0.2, -0.15) is 5.10 Å². The van der Waals surface area contributed by atoms with Gasteiger partial charge in [0.15, 0.2) is 0 Å². The number of carboxylic acid groups (broad SMARTS) is 1. The van der Waals surface area contributed by atoms with Gasteiger partial charge in [-0.25, -0.2) is 0 Å². The van der Waals surface area contributed by atoms with E-state index < -0.39 is 5.97 Å². The van der Waals surface area contributed by atoms with Crippen LogP contribution in [-0.4, -0.2) is 25.8 Å². The van der Waals surface area contributed by atoms with E-state index in [1.165, 1.54) is 16.8 Å². The first-order valence-corrected chi connectivity index (χ1v) is 11.3. The number of carbonyl (C=O) groups is 1. The fourth-order valence-corrected chi connectivity index (χ4v) is 4.30. The minimum absolute atomic E-state index is 0.00731. The van der Waals surface area contributed by atoms with Gasteiger partial charge in [-0.1, -0.05) is 42.3 Å². The van der Waals surface area contributed by atoms with Crippen molar-refractivity contribution >= 4 is 5.97 Å². The molecule has 4 rings (SSSR count). The molecule has 1 atom stereocenters. The Morgan fingerprint density at radius 1 is 1.18 bits per heavy atom. The maximum atomic E-state index is 11.1. The van der Waals surface area contributed by atoms with Crippen LogP contribution in [0.15, 0.2) is 54.7 Å². The highest BCUT2D eigenvalue weighted by Gasteiger charge is 2.23. The van der Waals surface area contributed by atoms with Gasteiger partial charge in [-0.3, -0.25) is 14.4 Å². The van der Waals surface area contributed by atoms with E-state index >= 15 is 0 Å². The van der Waals surface area contributed by atoms with Crippen molar-refractivity contribution in [2.75, 3.05) is 0 Å². The molecule has 1 aromatic heterocycles. The second-order valence-corrected chi connectivity index (χ2v) is 8.30. The summed E-state index contributed by atoms with van der Waals surface area (Å²) in [6, 6.07) is 16.1. The Morgan fingerprint density at radius 3 is 2.70 bits per heavy atom. The summed E-state index contributed by atoms with van der Waals surface area (Å²) in [5.41, 5.74) is 5.93. The van der Waals surface area contributed by atoms with Crippen LogP contribution in [0.5, 0.6) is 5.75 Å². The quantitative estimate of drug-likeness (QED) is 0.491. The lowest BCUT2D eigenvalue weighted by atomic mass is 9.96. The summed E-state index contributed by atoms with van der Waals surface area (Å²) < 4.78 is 8.07. The van der Waals surface area contributed by atoms with E-state index in [2.05, 4.69) is 57.7 Å². The summed E-state index contributed by atoms with van der Waals surface area (Å²) in [6.45, 7) is 8.00. The molecule has 0 fully saturated rings. The Kier molecular flexibility index (Phi) is 7.11. The lowest BCUT2D eigenvalue weighted by Crippen LogP contribution is -2.17. The fourth-order valence-electron chi connectivity index (χ4n) is 4.30. The van der Waals surface area contributed by atoms with Crippen molar-refractivity contribution in [3.8, 4) is 17.6 Å². The molecule has 170 valence electrons. The molecule has 1 aliphatic heterocycles. The standard InChI is InChI=1S/C27H29N3O3/c1-3-6-23(14-27(31)32)22-9-11-25(12-10-22)33-19-21-8-5-7-20(13-21)16-29-17-24-15-28-30(4-2)26(24)18-29/h5,7-13,15,23H,4,14,16-19H2,1-2H3,(H,31,32). The van der Waals surface area contributed by atoms with Crippen molar-refractivity contribution in [1.29, 1.82) is 0 Å². The third kappa shape index (κ3) is 5.63. The normalized spacial score (nSPS) is 13.8. The van der Waals surface area contributed by atoms with Crippen LogP contribution in [-0.2, 0) is 37.6 Å². The number of nitrogens with zero attached hydrogens (tertiary/aromatic N) is 3. The Bertz CT molecular complexity index is 1170. The third-order valence-electron chi connectivity index (χ3n) is 5.88. The number of hydrogen-bond donors (Lipinski definition) is 1. The molecule has 3 aromatic rings. The van der Waals surface area contributed by atoms with Gasteiger partial charge >= 0.3 is 5.97 Å². The summed E-state index contributed by atoms with van der Waals surface area (Å²) in [5.74, 6) is 5.38. The summed E-state index contributed by atoms with van der Waals surface area (Å²) >= 11 is 0. The monoisotopic (exact) mass is 443 g/mol. The summed E-state index contributed by atoms with van der Waals surface area (Å²) in [7, 11) is 0. The predicted molar refractivity (Wildman–Crippen MR) is 127 cm³/mol. The number of aromatic nitrogens is 2. The van der Waals surface area contributed by atoms with Gasteiger partial charge in [0.1, 0.15) is 12.4 Å². The topological polar surface area (TPSA) is 67.6 Å². The van der Waals surface area contributed by atoms with Crippen LogP contribution in [0, 0.1) is 11.8 Å². The van der Waals surface area contributed by atoms with Gasteiger partial charge in [0.2, 0.25) is 0 Å². The number of fused-ring (bicyclic) bond motifs is 1. The van der Waals surface area contributed by atoms with Crippen molar-refractivity contribution in [2.45, 2.75) is 59.0 Å². The Balaban J connectivity index is 1.34. The Labute approximate surface area is 194 Å². The van der Waals surface area contributed by atoms with Crippen LogP contribution in [0.4, 0.5) is 0 Å². The highest BCUT2D eigenvalue weighted by Crippen LogP contribution is 2.25. The zero-order chi connectivity index (χ0) is 23.2. The van der Waals surface area contributed by atoms with Crippen LogP contribution in [0.25, 0.3) is 0 Å². The van der Waals surface area contributed by atoms with Crippen LogP contribution < -0.4 is 4.74 Å². The average molecular weight is 444 g/mol. The van der Waals surface area contributed by atoms with E-state index in [1.54, 1.807) is 6.92 Å². The minimum atomic E-state index is -0.854. The van der Waals surface area contributed by atoms with Gasteiger partial charge in [0.25, 0.3) is 0 Å². The first kappa shape index (κ1) is 22.6. The fraction of sp³-hybridized carbons (Fsp3) is 0.333. The van der Waals surface area contributed by atoms with Gasteiger partial charge in [0, 0.05) is 31.7 Å². The Morgan fingerprint density at radius 2 is 1.97 bits per heavy atom. The summed E-state index contributed by atoms with van der Waals surface area (Å²) in [4.78, 5) is 13.5. The molecule has 0 saturated heterocycles. The lowest BCUT2D eigenvalue weighted by molar-refractivity contribution is -0.137. The number of carboxylic acids is 1. The molecule has 0 radical (unpaired) electrons. The molecule has 6 heteroatoms. The van der Waals surface area contributed by atoms with Crippen LogP contribution >= 0.6 is 0 Å². The van der Waals surface area contributed by atoms with Crippen molar-refractivity contribution < 1.29 is 14.6 Å². The highest BCUT2D eigenvalue weighted by atomic mass is 16.5. The molecule has 1 unspecified atom stereocenters. The molecule has 0 amide bonds. The van der Waals surface area contributed by atoms with Crippen LogP contribution in [0.1, 0.15) is 54.1 Å². The number of rotatable bonds is 9. The van der Waals surface area contributed by atoms with Gasteiger partial charge in [-0.15, -0.1) is 5.92 Å². The molecule has 1 N–H and O–H groups in total. The van der Waals surface area contributed by atoms with E-state index in [-0.39, 0.29) is 12.3 Å². The smallest absolute Gasteiger partial charge is 0.304 e. The number of aryl methyl sites for hydroxylation is 1. The summed E-state index contributed by atoms with van der Waals surface area (Å²) in [6.07, 6.45) is 1.99. The van der Waals surface area contributed by atoms with Gasteiger partial charge < -0.3 is 9.84 Å². The molecule has 33 heavy (non-hydrogen) atoms. The Hall–Kier alpha value is -3.56. The number of aliphatic carboxylic acids is 1. The van der Waals surface area contributed by atoms with Crippen molar-refractivity contribution in [3.05, 3.63) is 82.7 Å². The van der Waals surface area contributed by atoms with Crippen molar-refractivity contribution in [2.24, 2.45) is 0 Å². The van der Waals surface area contributed by atoms with E-state index in [9.17, 15) is 4.79 Å². The first-order chi connectivity index (χ1) is 16.1. The molecule has 0 saturated carbocycles. The number of hydrogen-bond acceptors (Lipinski definition) is 4. The molecule has 0 bridgehead atoms. The van der Waals surface area contributed by atoms with E-state index in [0.29, 0.717) is 6.61 Å². The lowest BCUT2D eigenvalue weighted by Gasteiger charge is -2.16. The molecular formula is C27H29N3O3. The van der Waals surface area contributed by atoms with Crippen molar-refractivity contribution in [1.82, 2.24) is 14.7 Å². The maximum Gasteiger partial charge on any atom is 0.304 e. The predicted octanol–water partition coefficient (Wildman–Crippen LogP) is 4.58. The number of benzene rings is 2. The molecular weight excluding hydrogens is 414 g/mol. The van der Waals surface area contributed by atoms with Gasteiger partial charge in [0.05, 0.1) is 24.2 Å². The third-order valence-corrected chi connectivity index (χ3v) is 5.88. The average Bonchev–Trinajstić information content (AvgIpc) is 3.38. The second-order valence-electron chi connectivity index (χ2n) is 8.30. The zero-order valence-corrected chi connectivity index (χ0v) is 19.1. The second kappa shape index (κ2) is 10.4.